The van der Waals surface area contributed by atoms with Crippen LogP contribution in [0.4, 0.5) is 0 Å². The van der Waals surface area contributed by atoms with Gasteiger partial charge in [-0.25, -0.2) is 0 Å². The van der Waals surface area contributed by atoms with Gasteiger partial charge in [0.1, 0.15) is 5.75 Å². The summed E-state index contributed by atoms with van der Waals surface area (Å²) in [6, 6.07) is 5.65. The van der Waals surface area contributed by atoms with Crippen LogP contribution in [-0.4, -0.2) is 18.7 Å². The minimum atomic E-state index is 0.386. The SMILES string of the molecule is CNCC1Cc2cc(O)ccc21. The van der Waals surface area contributed by atoms with Crippen molar-refractivity contribution in [3.05, 3.63) is 29.3 Å². The molecule has 0 fully saturated rings. The van der Waals surface area contributed by atoms with E-state index in [-0.39, 0.29) is 0 Å². The standard InChI is InChI=1S/C10H13NO/c1-11-6-8-4-7-5-9(12)2-3-10(7)8/h2-3,5,8,11-12H,4,6H2,1H3. The van der Waals surface area contributed by atoms with E-state index in [1.807, 2.05) is 19.2 Å². The lowest BCUT2D eigenvalue weighted by Crippen LogP contribution is -2.26. The molecular weight excluding hydrogens is 150 g/mol. The van der Waals surface area contributed by atoms with Crippen molar-refractivity contribution in [2.45, 2.75) is 12.3 Å². The summed E-state index contributed by atoms with van der Waals surface area (Å²) in [7, 11) is 1.97. The average Bonchev–Trinajstić information content (AvgIpc) is 2.01. The fourth-order valence-corrected chi connectivity index (χ4v) is 1.84. The summed E-state index contributed by atoms with van der Waals surface area (Å²) in [5, 5.41) is 12.3. The maximum atomic E-state index is 9.17. The van der Waals surface area contributed by atoms with Crippen molar-refractivity contribution < 1.29 is 5.11 Å². The number of nitrogens with one attached hydrogen (secondary N) is 1. The van der Waals surface area contributed by atoms with Gasteiger partial charge in [0.05, 0.1) is 0 Å². The molecule has 1 aliphatic rings. The Hall–Kier alpha value is -1.02. The number of rotatable bonds is 2. The third-order valence-corrected chi connectivity index (χ3v) is 2.48. The molecule has 0 saturated carbocycles. The number of hydrogen-bond donors (Lipinski definition) is 2. The van der Waals surface area contributed by atoms with Crippen LogP contribution in [0.2, 0.25) is 0 Å². The van der Waals surface area contributed by atoms with Gasteiger partial charge in [0.15, 0.2) is 0 Å². The molecule has 64 valence electrons. The van der Waals surface area contributed by atoms with Crippen LogP contribution in [0.25, 0.3) is 0 Å². The third kappa shape index (κ3) is 1.08. The maximum Gasteiger partial charge on any atom is 0.115 e. The van der Waals surface area contributed by atoms with E-state index in [0.29, 0.717) is 11.7 Å². The van der Waals surface area contributed by atoms with Crippen molar-refractivity contribution in [3.8, 4) is 5.75 Å². The number of hydrogen-bond acceptors (Lipinski definition) is 2. The first-order chi connectivity index (χ1) is 5.81. The van der Waals surface area contributed by atoms with Gasteiger partial charge in [0.25, 0.3) is 0 Å². The number of fused-ring (bicyclic) bond motifs is 1. The first-order valence-corrected chi connectivity index (χ1v) is 4.27. The molecule has 0 aromatic heterocycles. The van der Waals surface area contributed by atoms with Gasteiger partial charge in [0.2, 0.25) is 0 Å². The molecule has 1 atom stereocenters. The molecule has 1 aromatic carbocycles. The molecular formula is C10H13NO. The Labute approximate surface area is 72.2 Å². The fourth-order valence-electron chi connectivity index (χ4n) is 1.84. The smallest absolute Gasteiger partial charge is 0.115 e. The third-order valence-electron chi connectivity index (χ3n) is 2.48. The van der Waals surface area contributed by atoms with E-state index < -0.39 is 0 Å². The summed E-state index contributed by atoms with van der Waals surface area (Å²) in [6.45, 7) is 1.04. The number of benzene rings is 1. The summed E-state index contributed by atoms with van der Waals surface area (Å²) in [4.78, 5) is 0. The number of aromatic hydroxyl groups is 1. The predicted molar refractivity (Wildman–Crippen MR) is 48.5 cm³/mol. The van der Waals surface area contributed by atoms with Gasteiger partial charge < -0.3 is 10.4 Å². The van der Waals surface area contributed by atoms with Crippen LogP contribution in [0.15, 0.2) is 18.2 Å². The largest absolute Gasteiger partial charge is 0.508 e. The monoisotopic (exact) mass is 163 g/mol. The Morgan fingerprint density at radius 1 is 1.58 bits per heavy atom. The van der Waals surface area contributed by atoms with Gasteiger partial charge in [-0.3, -0.25) is 0 Å². The topological polar surface area (TPSA) is 32.3 Å². The highest BCUT2D eigenvalue weighted by molar-refractivity contribution is 5.44. The fraction of sp³-hybridized carbons (Fsp3) is 0.400. The Morgan fingerprint density at radius 2 is 2.42 bits per heavy atom. The van der Waals surface area contributed by atoms with Gasteiger partial charge >= 0.3 is 0 Å². The first kappa shape index (κ1) is 7.62. The van der Waals surface area contributed by atoms with E-state index in [1.54, 1.807) is 6.07 Å². The zero-order valence-corrected chi connectivity index (χ0v) is 7.17. The van der Waals surface area contributed by atoms with Crippen LogP contribution < -0.4 is 5.32 Å². The van der Waals surface area contributed by atoms with Crippen LogP contribution in [0.3, 0.4) is 0 Å². The second-order valence-electron chi connectivity index (χ2n) is 3.34. The lowest BCUT2D eigenvalue weighted by atomic mass is 9.77. The molecule has 2 heteroatoms. The molecule has 0 amide bonds. The lowest BCUT2D eigenvalue weighted by Gasteiger charge is -2.29. The zero-order chi connectivity index (χ0) is 8.55. The Bertz CT molecular complexity index is 296. The van der Waals surface area contributed by atoms with Crippen molar-refractivity contribution >= 4 is 0 Å². The van der Waals surface area contributed by atoms with Crippen molar-refractivity contribution in [1.82, 2.24) is 5.32 Å². The van der Waals surface area contributed by atoms with Crippen LogP contribution in [0, 0.1) is 0 Å². The average molecular weight is 163 g/mol. The quantitative estimate of drug-likeness (QED) is 0.687. The predicted octanol–water partition coefficient (Wildman–Crippen LogP) is 1.25. The molecule has 0 spiro atoms. The van der Waals surface area contributed by atoms with Gasteiger partial charge in [-0.1, -0.05) is 6.07 Å². The van der Waals surface area contributed by atoms with Crippen LogP contribution in [-0.2, 0) is 6.42 Å². The van der Waals surface area contributed by atoms with Crippen LogP contribution in [0.5, 0.6) is 5.75 Å². The molecule has 0 aliphatic heterocycles. The van der Waals surface area contributed by atoms with E-state index in [1.165, 1.54) is 11.1 Å². The first-order valence-electron chi connectivity index (χ1n) is 4.27. The molecule has 0 bridgehead atoms. The second kappa shape index (κ2) is 2.79. The molecule has 12 heavy (non-hydrogen) atoms. The van der Waals surface area contributed by atoms with Crippen LogP contribution >= 0.6 is 0 Å². The highest BCUT2D eigenvalue weighted by Gasteiger charge is 2.24. The molecule has 0 radical (unpaired) electrons. The van der Waals surface area contributed by atoms with E-state index in [4.69, 9.17) is 0 Å². The molecule has 2 rings (SSSR count). The van der Waals surface area contributed by atoms with E-state index in [2.05, 4.69) is 5.32 Å². The highest BCUT2D eigenvalue weighted by Crippen LogP contribution is 2.36. The summed E-state index contributed by atoms with van der Waals surface area (Å²) in [6.07, 6.45) is 1.10. The van der Waals surface area contributed by atoms with Crippen molar-refractivity contribution in [1.29, 1.82) is 0 Å². The van der Waals surface area contributed by atoms with Gasteiger partial charge in [-0.15, -0.1) is 0 Å². The van der Waals surface area contributed by atoms with Crippen molar-refractivity contribution in [2.24, 2.45) is 0 Å². The van der Waals surface area contributed by atoms with E-state index in [0.717, 1.165) is 13.0 Å². The Morgan fingerprint density at radius 3 is 3.08 bits per heavy atom. The maximum absolute atomic E-state index is 9.17. The molecule has 1 aliphatic carbocycles. The minimum absolute atomic E-state index is 0.386. The molecule has 0 heterocycles. The Balaban J connectivity index is 2.19. The minimum Gasteiger partial charge on any atom is -0.508 e. The summed E-state index contributed by atoms with van der Waals surface area (Å²) < 4.78 is 0. The molecule has 1 aromatic rings. The zero-order valence-electron chi connectivity index (χ0n) is 7.17. The highest BCUT2D eigenvalue weighted by atomic mass is 16.3. The van der Waals surface area contributed by atoms with Gasteiger partial charge in [-0.2, -0.15) is 0 Å². The molecule has 2 nitrogen and oxygen atoms in total. The van der Waals surface area contributed by atoms with Crippen LogP contribution in [0.1, 0.15) is 17.0 Å². The number of likely N-dealkylation sites (N-methyl/N-ethyl adjacent to an activating group) is 1. The number of phenolic OH excluding ortho intramolecular Hbond substituents is 1. The van der Waals surface area contributed by atoms with Gasteiger partial charge in [-0.05, 0) is 36.7 Å². The van der Waals surface area contributed by atoms with Gasteiger partial charge in [0, 0.05) is 12.5 Å². The molecule has 1 unspecified atom stereocenters. The second-order valence-corrected chi connectivity index (χ2v) is 3.34. The number of phenols is 1. The molecule has 0 saturated heterocycles. The summed E-state index contributed by atoms with van der Waals surface area (Å²) in [5.41, 5.74) is 2.69. The van der Waals surface area contributed by atoms with Crippen molar-refractivity contribution in [3.63, 3.8) is 0 Å². The summed E-state index contributed by atoms with van der Waals surface area (Å²) in [5.74, 6) is 1.04. The summed E-state index contributed by atoms with van der Waals surface area (Å²) >= 11 is 0. The Kier molecular flexibility index (Phi) is 1.77. The van der Waals surface area contributed by atoms with E-state index >= 15 is 0 Å². The normalized spacial score (nSPS) is 19.9. The van der Waals surface area contributed by atoms with Crippen molar-refractivity contribution in [2.75, 3.05) is 13.6 Å². The van der Waals surface area contributed by atoms with E-state index in [9.17, 15) is 5.11 Å². The lowest BCUT2D eigenvalue weighted by molar-refractivity contribution is 0.469. The molecule has 2 N–H and O–H groups in total.